The molecule has 100 valence electrons. The molecule has 0 atom stereocenters. The van der Waals surface area contributed by atoms with Crippen LogP contribution in [0, 0.1) is 6.92 Å². The first-order valence-electron chi connectivity index (χ1n) is 6.60. The standard InChI is InChI=1S/C15H20N4/c1-3-4-5-12-13(14(16)19-15(17)18-12)11-8-6-10(2)7-9-11/h6-9H,3-5H2,1-2H3,(H4,16,17,18,19). The fraction of sp³-hybridized carbons (Fsp3) is 0.333. The van der Waals surface area contributed by atoms with Gasteiger partial charge in [0.05, 0.1) is 5.69 Å². The van der Waals surface area contributed by atoms with Crippen LogP contribution in [0.2, 0.25) is 0 Å². The van der Waals surface area contributed by atoms with E-state index in [-0.39, 0.29) is 5.95 Å². The Morgan fingerprint density at radius 2 is 1.74 bits per heavy atom. The van der Waals surface area contributed by atoms with Crippen molar-refractivity contribution in [2.45, 2.75) is 33.1 Å². The van der Waals surface area contributed by atoms with Crippen molar-refractivity contribution in [3.8, 4) is 11.1 Å². The molecule has 0 saturated heterocycles. The molecule has 19 heavy (non-hydrogen) atoms. The number of aromatic nitrogens is 2. The van der Waals surface area contributed by atoms with E-state index in [1.807, 2.05) is 0 Å². The predicted octanol–water partition coefficient (Wildman–Crippen LogP) is 2.96. The molecule has 0 unspecified atom stereocenters. The summed E-state index contributed by atoms with van der Waals surface area (Å²) in [6, 6.07) is 8.23. The maximum atomic E-state index is 6.03. The molecule has 0 aliphatic rings. The van der Waals surface area contributed by atoms with Gasteiger partial charge in [0.1, 0.15) is 5.82 Å². The molecule has 0 spiro atoms. The average molecular weight is 256 g/mol. The second-order valence-electron chi connectivity index (χ2n) is 4.76. The Bertz CT molecular complexity index is 561. The lowest BCUT2D eigenvalue weighted by Gasteiger charge is -2.12. The van der Waals surface area contributed by atoms with Crippen LogP contribution < -0.4 is 11.5 Å². The van der Waals surface area contributed by atoms with Crippen LogP contribution in [-0.4, -0.2) is 9.97 Å². The second-order valence-corrected chi connectivity index (χ2v) is 4.76. The topological polar surface area (TPSA) is 77.8 Å². The highest BCUT2D eigenvalue weighted by Crippen LogP contribution is 2.29. The minimum absolute atomic E-state index is 0.250. The number of benzene rings is 1. The van der Waals surface area contributed by atoms with Gasteiger partial charge in [-0.1, -0.05) is 43.2 Å². The third-order valence-electron chi connectivity index (χ3n) is 3.14. The number of aryl methyl sites for hydroxylation is 2. The van der Waals surface area contributed by atoms with Crippen molar-refractivity contribution >= 4 is 11.8 Å². The third-order valence-corrected chi connectivity index (χ3v) is 3.14. The Morgan fingerprint density at radius 1 is 1.05 bits per heavy atom. The average Bonchev–Trinajstić information content (AvgIpc) is 2.37. The highest BCUT2D eigenvalue weighted by atomic mass is 15.0. The third kappa shape index (κ3) is 3.02. The maximum Gasteiger partial charge on any atom is 0.222 e. The second kappa shape index (κ2) is 5.69. The normalized spacial score (nSPS) is 10.6. The molecule has 2 aromatic rings. The molecule has 1 aromatic carbocycles. The Hall–Kier alpha value is -2.10. The molecule has 4 N–H and O–H groups in total. The van der Waals surface area contributed by atoms with Crippen molar-refractivity contribution in [3.05, 3.63) is 35.5 Å². The summed E-state index contributed by atoms with van der Waals surface area (Å²) in [7, 11) is 0. The first kappa shape index (κ1) is 13.3. The van der Waals surface area contributed by atoms with Gasteiger partial charge in [-0.2, -0.15) is 4.98 Å². The van der Waals surface area contributed by atoms with Crippen LogP contribution in [0.5, 0.6) is 0 Å². The first-order valence-corrected chi connectivity index (χ1v) is 6.60. The van der Waals surface area contributed by atoms with E-state index >= 15 is 0 Å². The number of hydrogen-bond acceptors (Lipinski definition) is 4. The van der Waals surface area contributed by atoms with Gasteiger partial charge in [0.2, 0.25) is 5.95 Å². The molecule has 2 rings (SSSR count). The number of nitrogen functional groups attached to an aromatic ring is 2. The molecule has 1 heterocycles. The lowest BCUT2D eigenvalue weighted by Crippen LogP contribution is -2.07. The highest BCUT2D eigenvalue weighted by molar-refractivity contribution is 5.76. The molecule has 0 amide bonds. The first-order chi connectivity index (χ1) is 9.11. The lowest BCUT2D eigenvalue weighted by molar-refractivity contribution is 0.777. The van der Waals surface area contributed by atoms with Crippen LogP contribution in [0.1, 0.15) is 31.0 Å². The van der Waals surface area contributed by atoms with Crippen molar-refractivity contribution in [1.29, 1.82) is 0 Å². The summed E-state index contributed by atoms with van der Waals surface area (Å²) in [5.74, 6) is 0.710. The van der Waals surface area contributed by atoms with E-state index in [0.717, 1.165) is 36.1 Å². The van der Waals surface area contributed by atoms with Gasteiger partial charge in [0.25, 0.3) is 0 Å². The van der Waals surface area contributed by atoms with E-state index in [1.165, 1.54) is 5.56 Å². The fourth-order valence-electron chi connectivity index (χ4n) is 2.11. The lowest BCUT2D eigenvalue weighted by atomic mass is 10.0. The van der Waals surface area contributed by atoms with Crippen LogP contribution in [0.15, 0.2) is 24.3 Å². The minimum Gasteiger partial charge on any atom is -0.383 e. The predicted molar refractivity (Wildman–Crippen MR) is 79.6 cm³/mol. The van der Waals surface area contributed by atoms with E-state index in [2.05, 4.69) is 48.1 Å². The summed E-state index contributed by atoms with van der Waals surface area (Å²) in [6.45, 7) is 4.21. The van der Waals surface area contributed by atoms with E-state index < -0.39 is 0 Å². The molecule has 4 heteroatoms. The molecule has 0 radical (unpaired) electrons. The van der Waals surface area contributed by atoms with Crippen LogP contribution >= 0.6 is 0 Å². The van der Waals surface area contributed by atoms with Gasteiger partial charge in [0.15, 0.2) is 0 Å². The number of unbranched alkanes of at least 4 members (excludes halogenated alkanes) is 1. The van der Waals surface area contributed by atoms with E-state index in [9.17, 15) is 0 Å². The Balaban J connectivity index is 2.50. The zero-order valence-electron chi connectivity index (χ0n) is 11.5. The smallest absolute Gasteiger partial charge is 0.222 e. The molecule has 4 nitrogen and oxygen atoms in total. The quantitative estimate of drug-likeness (QED) is 0.881. The van der Waals surface area contributed by atoms with Crippen molar-refractivity contribution in [2.24, 2.45) is 0 Å². The fourth-order valence-corrected chi connectivity index (χ4v) is 2.11. The van der Waals surface area contributed by atoms with Gasteiger partial charge in [-0.05, 0) is 25.3 Å². The van der Waals surface area contributed by atoms with Crippen molar-refractivity contribution in [2.75, 3.05) is 11.5 Å². The molecule has 0 aliphatic carbocycles. The van der Waals surface area contributed by atoms with Gasteiger partial charge < -0.3 is 11.5 Å². The summed E-state index contributed by atoms with van der Waals surface area (Å²) in [5, 5.41) is 0. The molecular formula is C15H20N4. The molecule has 1 aromatic heterocycles. The summed E-state index contributed by atoms with van der Waals surface area (Å²) >= 11 is 0. The summed E-state index contributed by atoms with van der Waals surface area (Å²) in [4.78, 5) is 8.44. The molecule has 0 aliphatic heterocycles. The maximum absolute atomic E-state index is 6.03. The summed E-state index contributed by atoms with van der Waals surface area (Å²) < 4.78 is 0. The number of rotatable bonds is 4. The Morgan fingerprint density at radius 3 is 2.37 bits per heavy atom. The van der Waals surface area contributed by atoms with Crippen molar-refractivity contribution in [3.63, 3.8) is 0 Å². The SMILES string of the molecule is CCCCc1nc(N)nc(N)c1-c1ccc(C)cc1. The zero-order chi connectivity index (χ0) is 13.8. The molecule has 0 bridgehead atoms. The number of anilines is 2. The van der Waals surface area contributed by atoms with Gasteiger partial charge in [-0.25, -0.2) is 4.98 Å². The summed E-state index contributed by atoms with van der Waals surface area (Å²) in [5.41, 5.74) is 15.9. The number of nitrogens with two attached hydrogens (primary N) is 2. The van der Waals surface area contributed by atoms with Crippen LogP contribution in [0.4, 0.5) is 11.8 Å². The largest absolute Gasteiger partial charge is 0.383 e. The number of nitrogens with zero attached hydrogens (tertiary/aromatic N) is 2. The van der Waals surface area contributed by atoms with Crippen LogP contribution in [-0.2, 0) is 6.42 Å². The molecule has 0 fully saturated rings. The Kier molecular flexibility index (Phi) is 4.00. The zero-order valence-corrected chi connectivity index (χ0v) is 11.5. The molecular weight excluding hydrogens is 236 g/mol. The monoisotopic (exact) mass is 256 g/mol. The van der Waals surface area contributed by atoms with E-state index in [1.54, 1.807) is 0 Å². The van der Waals surface area contributed by atoms with Gasteiger partial charge in [-0.15, -0.1) is 0 Å². The van der Waals surface area contributed by atoms with E-state index in [4.69, 9.17) is 11.5 Å². The Labute approximate surface area is 113 Å². The summed E-state index contributed by atoms with van der Waals surface area (Å²) in [6.07, 6.45) is 3.04. The van der Waals surface area contributed by atoms with Gasteiger partial charge >= 0.3 is 0 Å². The van der Waals surface area contributed by atoms with Crippen molar-refractivity contribution < 1.29 is 0 Å². The van der Waals surface area contributed by atoms with Gasteiger partial charge in [0, 0.05) is 5.56 Å². The molecule has 0 saturated carbocycles. The van der Waals surface area contributed by atoms with E-state index in [0.29, 0.717) is 5.82 Å². The van der Waals surface area contributed by atoms with Crippen LogP contribution in [0.3, 0.4) is 0 Å². The van der Waals surface area contributed by atoms with Gasteiger partial charge in [-0.3, -0.25) is 0 Å². The minimum atomic E-state index is 0.250. The van der Waals surface area contributed by atoms with Crippen molar-refractivity contribution in [1.82, 2.24) is 9.97 Å². The highest BCUT2D eigenvalue weighted by Gasteiger charge is 2.13. The van der Waals surface area contributed by atoms with Crippen LogP contribution in [0.25, 0.3) is 11.1 Å². The number of hydrogen-bond donors (Lipinski definition) is 2.